The Labute approximate surface area is 102 Å². The molecule has 94 valence electrons. The summed E-state index contributed by atoms with van der Waals surface area (Å²) in [4.78, 5) is 0. The Bertz CT molecular complexity index is 325. The van der Waals surface area contributed by atoms with Gasteiger partial charge in [0, 0.05) is 13.2 Å². The molecule has 0 spiro atoms. The van der Waals surface area contributed by atoms with Crippen molar-refractivity contribution in [3.8, 4) is 11.5 Å². The van der Waals surface area contributed by atoms with Gasteiger partial charge in [0.05, 0.1) is 6.61 Å². The maximum absolute atomic E-state index is 5.55. The second-order valence-electron chi connectivity index (χ2n) is 3.53. The molecule has 4 nitrogen and oxygen atoms in total. The zero-order valence-electron chi connectivity index (χ0n) is 10.4. The van der Waals surface area contributed by atoms with E-state index in [0.717, 1.165) is 17.1 Å². The standard InChI is InChI=1S/C13H19O4/c1-11-4-5-12(16-8-6-14-2)10-13(11)17-9-7-15-3/h4-5,10H,3,6-9H2,1-2H3/q+1. The molecule has 0 heterocycles. The number of aryl methyl sites for hydroxylation is 1. The number of hydrogen-bond donors (Lipinski definition) is 0. The van der Waals surface area contributed by atoms with Crippen LogP contribution in [0.2, 0.25) is 0 Å². The van der Waals surface area contributed by atoms with Gasteiger partial charge in [-0.15, -0.1) is 0 Å². The van der Waals surface area contributed by atoms with Gasteiger partial charge in [-0.3, -0.25) is 0 Å². The van der Waals surface area contributed by atoms with Crippen molar-refractivity contribution in [2.75, 3.05) is 33.5 Å². The molecule has 4 heteroatoms. The predicted octanol–water partition coefficient (Wildman–Crippen LogP) is 2.21. The molecule has 0 bridgehead atoms. The number of ether oxygens (including phenoxy) is 4. The molecule has 0 fully saturated rings. The molecule has 0 saturated heterocycles. The Hall–Kier alpha value is -1.39. The summed E-state index contributed by atoms with van der Waals surface area (Å²) in [5.74, 6) is 1.58. The largest absolute Gasteiger partial charge is 0.491 e. The highest BCUT2D eigenvalue weighted by atomic mass is 16.5. The van der Waals surface area contributed by atoms with Crippen molar-refractivity contribution < 1.29 is 18.9 Å². The van der Waals surface area contributed by atoms with E-state index in [4.69, 9.17) is 18.9 Å². The topological polar surface area (TPSA) is 36.9 Å². The van der Waals surface area contributed by atoms with Crippen LogP contribution >= 0.6 is 0 Å². The molecule has 1 aromatic carbocycles. The fourth-order valence-electron chi connectivity index (χ4n) is 1.28. The third-order valence-electron chi connectivity index (χ3n) is 2.20. The van der Waals surface area contributed by atoms with Gasteiger partial charge in [-0.25, -0.2) is 0 Å². The van der Waals surface area contributed by atoms with E-state index in [1.54, 1.807) is 7.11 Å². The van der Waals surface area contributed by atoms with Crippen LogP contribution in [0.25, 0.3) is 0 Å². The minimum absolute atomic E-state index is 0.466. The van der Waals surface area contributed by atoms with Crippen molar-refractivity contribution >= 4 is 0 Å². The van der Waals surface area contributed by atoms with Gasteiger partial charge in [-0.1, -0.05) is 6.07 Å². The van der Waals surface area contributed by atoms with Crippen LogP contribution in [-0.4, -0.2) is 33.5 Å². The molecule has 0 aliphatic rings. The van der Waals surface area contributed by atoms with Gasteiger partial charge in [-0.05, 0) is 18.6 Å². The summed E-state index contributed by atoms with van der Waals surface area (Å²) in [7, 11) is 4.93. The molecular formula is C13H19O4+. The lowest BCUT2D eigenvalue weighted by molar-refractivity contribution is 0.145. The van der Waals surface area contributed by atoms with Crippen LogP contribution in [0.5, 0.6) is 11.5 Å². The van der Waals surface area contributed by atoms with Crippen molar-refractivity contribution in [1.82, 2.24) is 0 Å². The van der Waals surface area contributed by atoms with E-state index in [2.05, 4.69) is 7.11 Å². The van der Waals surface area contributed by atoms with Gasteiger partial charge in [0.25, 0.3) is 0 Å². The third-order valence-corrected chi connectivity index (χ3v) is 2.20. The lowest BCUT2D eigenvalue weighted by atomic mass is 10.2. The first-order valence-electron chi connectivity index (χ1n) is 5.50. The van der Waals surface area contributed by atoms with E-state index >= 15 is 0 Å². The molecule has 0 amide bonds. The van der Waals surface area contributed by atoms with Crippen molar-refractivity contribution in [2.24, 2.45) is 0 Å². The van der Waals surface area contributed by atoms with Crippen LogP contribution in [0.15, 0.2) is 18.2 Å². The van der Waals surface area contributed by atoms with Crippen molar-refractivity contribution in [3.05, 3.63) is 30.9 Å². The highest BCUT2D eigenvalue weighted by molar-refractivity contribution is 5.39. The van der Waals surface area contributed by atoms with Gasteiger partial charge in [-0.2, -0.15) is 4.74 Å². The van der Waals surface area contributed by atoms with Gasteiger partial charge in [0.1, 0.15) is 31.3 Å². The van der Waals surface area contributed by atoms with E-state index in [0.29, 0.717) is 26.4 Å². The minimum atomic E-state index is 0.466. The van der Waals surface area contributed by atoms with Crippen LogP contribution in [0.3, 0.4) is 0 Å². The van der Waals surface area contributed by atoms with E-state index in [1.165, 1.54) is 0 Å². The third kappa shape index (κ3) is 4.97. The SMILES string of the molecule is [CH2+]OCCOc1cc(OCCOC)ccc1C. The lowest BCUT2D eigenvalue weighted by Crippen LogP contribution is -2.06. The fraction of sp³-hybridized carbons (Fsp3) is 0.462. The van der Waals surface area contributed by atoms with Crippen molar-refractivity contribution in [3.63, 3.8) is 0 Å². The summed E-state index contributed by atoms with van der Waals surface area (Å²) in [6.07, 6.45) is 0. The number of benzene rings is 1. The molecule has 0 saturated carbocycles. The Morgan fingerprint density at radius 3 is 2.53 bits per heavy atom. The van der Waals surface area contributed by atoms with Gasteiger partial charge in [0.15, 0.2) is 0 Å². The first-order valence-corrected chi connectivity index (χ1v) is 5.50. The summed E-state index contributed by atoms with van der Waals surface area (Å²) >= 11 is 0. The van der Waals surface area contributed by atoms with Crippen LogP contribution in [-0.2, 0) is 9.47 Å². The van der Waals surface area contributed by atoms with Crippen molar-refractivity contribution in [1.29, 1.82) is 0 Å². The molecule has 0 atom stereocenters. The second kappa shape index (κ2) is 7.81. The monoisotopic (exact) mass is 239 g/mol. The maximum atomic E-state index is 5.55. The zero-order chi connectivity index (χ0) is 12.5. The number of methoxy groups -OCH3 is 1. The normalized spacial score (nSPS) is 10.2. The molecule has 0 radical (unpaired) electrons. The smallest absolute Gasteiger partial charge is 0.213 e. The van der Waals surface area contributed by atoms with E-state index in [1.807, 2.05) is 25.1 Å². The molecule has 0 N–H and O–H groups in total. The summed E-state index contributed by atoms with van der Waals surface area (Å²) in [5, 5.41) is 0. The Kier molecular flexibility index (Phi) is 6.29. The molecular weight excluding hydrogens is 220 g/mol. The van der Waals surface area contributed by atoms with E-state index in [-0.39, 0.29) is 0 Å². The van der Waals surface area contributed by atoms with Crippen LogP contribution < -0.4 is 9.47 Å². The number of hydrogen-bond acceptors (Lipinski definition) is 4. The minimum Gasteiger partial charge on any atom is -0.491 e. The molecule has 17 heavy (non-hydrogen) atoms. The molecule has 0 aromatic heterocycles. The second-order valence-corrected chi connectivity index (χ2v) is 3.53. The first-order chi connectivity index (χ1) is 8.27. The van der Waals surface area contributed by atoms with Gasteiger partial charge >= 0.3 is 0 Å². The Morgan fingerprint density at radius 1 is 1.06 bits per heavy atom. The van der Waals surface area contributed by atoms with Crippen LogP contribution in [0, 0.1) is 14.0 Å². The average molecular weight is 239 g/mol. The average Bonchev–Trinajstić information content (AvgIpc) is 2.33. The Morgan fingerprint density at radius 2 is 1.82 bits per heavy atom. The quantitative estimate of drug-likeness (QED) is 0.515. The summed E-state index contributed by atoms with van der Waals surface area (Å²) in [5.41, 5.74) is 1.06. The lowest BCUT2D eigenvalue weighted by Gasteiger charge is -2.11. The number of rotatable bonds is 8. The van der Waals surface area contributed by atoms with Crippen molar-refractivity contribution in [2.45, 2.75) is 6.92 Å². The molecule has 1 aromatic rings. The van der Waals surface area contributed by atoms with E-state index in [9.17, 15) is 0 Å². The predicted molar refractivity (Wildman–Crippen MR) is 65.4 cm³/mol. The first kappa shape index (κ1) is 13.7. The van der Waals surface area contributed by atoms with E-state index < -0.39 is 0 Å². The fourth-order valence-corrected chi connectivity index (χ4v) is 1.28. The van der Waals surface area contributed by atoms with Crippen LogP contribution in [0.4, 0.5) is 0 Å². The maximum Gasteiger partial charge on any atom is 0.213 e. The summed E-state index contributed by atoms with van der Waals surface area (Å²) in [6.45, 7) is 4.03. The Balaban J connectivity index is 2.53. The zero-order valence-corrected chi connectivity index (χ0v) is 10.4. The molecule has 1 rings (SSSR count). The van der Waals surface area contributed by atoms with Crippen LogP contribution in [0.1, 0.15) is 5.56 Å². The molecule has 0 unspecified atom stereocenters. The summed E-state index contributed by atoms with van der Waals surface area (Å²) in [6, 6.07) is 5.74. The molecule has 0 aliphatic heterocycles. The summed E-state index contributed by atoms with van der Waals surface area (Å²) < 4.78 is 20.7. The molecule has 0 aliphatic carbocycles. The van der Waals surface area contributed by atoms with Gasteiger partial charge in [0.2, 0.25) is 7.11 Å². The highest BCUT2D eigenvalue weighted by Crippen LogP contribution is 2.24. The van der Waals surface area contributed by atoms with Gasteiger partial charge < -0.3 is 14.2 Å². The highest BCUT2D eigenvalue weighted by Gasteiger charge is 2.03.